The van der Waals surface area contributed by atoms with Gasteiger partial charge in [0.25, 0.3) is 0 Å². The Kier molecular flexibility index (Phi) is 4.96. The Morgan fingerprint density at radius 3 is 2.59 bits per heavy atom. The highest BCUT2D eigenvalue weighted by molar-refractivity contribution is 7.90. The van der Waals surface area contributed by atoms with E-state index in [1.807, 2.05) is 11.9 Å². The molecule has 0 saturated heterocycles. The molecule has 1 fully saturated rings. The lowest BCUT2D eigenvalue weighted by atomic mass is 9.79. The van der Waals surface area contributed by atoms with Crippen LogP contribution < -0.4 is 0 Å². The minimum Gasteiger partial charge on any atom is -0.301 e. The van der Waals surface area contributed by atoms with Crippen molar-refractivity contribution in [3.05, 3.63) is 0 Å². The highest BCUT2D eigenvalue weighted by Crippen LogP contribution is 2.31. The molecule has 0 amide bonds. The van der Waals surface area contributed by atoms with E-state index in [1.54, 1.807) is 0 Å². The number of hydrogen-bond donors (Lipinski definition) is 0. The fourth-order valence-corrected chi connectivity index (χ4v) is 3.08. The zero-order valence-corrected chi connectivity index (χ0v) is 11.7. The van der Waals surface area contributed by atoms with E-state index < -0.39 is 9.84 Å². The summed E-state index contributed by atoms with van der Waals surface area (Å²) in [6.45, 7) is 2.72. The molecule has 0 N–H and O–H groups in total. The summed E-state index contributed by atoms with van der Waals surface area (Å²) in [7, 11) is -0.991. The van der Waals surface area contributed by atoms with E-state index in [1.165, 1.54) is 6.26 Å². The smallest absolute Gasteiger partial charge is 0.148 e. The number of rotatable bonds is 4. The van der Waals surface area contributed by atoms with E-state index in [0.717, 1.165) is 19.3 Å². The van der Waals surface area contributed by atoms with Gasteiger partial charge in [0.2, 0.25) is 0 Å². The average molecular weight is 258 g/mol. The predicted molar refractivity (Wildman–Crippen MR) is 68.2 cm³/mol. The van der Waals surface area contributed by atoms with Gasteiger partial charge >= 0.3 is 0 Å². The Morgan fingerprint density at radius 2 is 2.06 bits per heavy atom. The largest absolute Gasteiger partial charge is 0.301 e. The molecule has 0 aromatic rings. The molecule has 0 aromatic heterocycles. The Balaban J connectivity index is 2.59. The van der Waals surface area contributed by atoms with Crippen LogP contribution in [0.3, 0.4) is 0 Å². The molecule has 98 valence electrons. The first-order valence-corrected chi connectivity index (χ1v) is 8.17. The molecular formula is C12H22N2O2S. The summed E-state index contributed by atoms with van der Waals surface area (Å²) in [5.41, 5.74) is 0. The minimum atomic E-state index is -2.92. The van der Waals surface area contributed by atoms with Gasteiger partial charge in [-0.2, -0.15) is 5.26 Å². The van der Waals surface area contributed by atoms with Gasteiger partial charge in [0, 0.05) is 18.8 Å². The molecule has 3 atom stereocenters. The van der Waals surface area contributed by atoms with Crippen LogP contribution in [0.15, 0.2) is 0 Å². The van der Waals surface area contributed by atoms with Gasteiger partial charge in [-0.1, -0.05) is 6.92 Å². The lowest BCUT2D eigenvalue weighted by molar-refractivity contribution is 0.137. The van der Waals surface area contributed by atoms with E-state index in [-0.39, 0.29) is 17.7 Å². The van der Waals surface area contributed by atoms with Crippen molar-refractivity contribution in [1.29, 1.82) is 5.26 Å². The lowest BCUT2D eigenvalue weighted by Gasteiger charge is -2.37. The van der Waals surface area contributed by atoms with Crippen molar-refractivity contribution in [3.63, 3.8) is 0 Å². The second-order valence-corrected chi connectivity index (χ2v) is 7.59. The molecule has 1 rings (SSSR count). The third kappa shape index (κ3) is 4.64. The van der Waals surface area contributed by atoms with Gasteiger partial charge in [-0.05, 0) is 32.2 Å². The molecule has 0 radical (unpaired) electrons. The molecule has 1 aliphatic rings. The van der Waals surface area contributed by atoms with Crippen LogP contribution in [0.1, 0.15) is 26.2 Å². The molecular weight excluding hydrogens is 236 g/mol. The van der Waals surface area contributed by atoms with Gasteiger partial charge in [0.15, 0.2) is 0 Å². The molecule has 5 heteroatoms. The summed E-state index contributed by atoms with van der Waals surface area (Å²) in [5, 5.41) is 9.13. The first-order valence-electron chi connectivity index (χ1n) is 6.11. The van der Waals surface area contributed by atoms with Crippen LogP contribution in [0.2, 0.25) is 0 Å². The number of hydrogen-bond acceptors (Lipinski definition) is 4. The standard InChI is InChI=1S/C12H22N2O2S/c1-10-4-5-11(9-13)12(8-10)14(2)6-7-17(3,15)16/h10-12H,4-8H2,1-3H3. The fourth-order valence-electron chi connectivity index (χ4n) is 2.46. The molecule has 0 aliphatic heterocycles. The van der Waals surface area contributed by atoms with Crippen molar-refractivity contribution in [2.45, 2.75) is 32.2 Å². The van der Waals surface area contributed by atoms with Gasteiger partial charge in [0.1, 0.15) is 9.84 Å². The third-order valence-electron chi connectivity index (χ3n) is 3.63. The van der Waals surface area contributed by atoms with Crippen LogP contribution in [-0.4, -0.2) is 45.0 Å². The van der Waals surface area contributed by atoms with Crippen LogP contribution in [-0.2, 0) is 9.84 Å². The topological polar surface area (TPSA) is 61.2 Å². The summed E-state index contributed by atoms with van der Waals surface area (Å²) in [5.74, 6) is 0.855. The summed E-state index contributed by atoms with van der Waals surface area (Å²) in [4.78, 5) is 2.05. The maximum atomic E-state index is 11.1. The molecule has 0 spiro atoms. The highest BCUT2D eigenvalue weighted by Gasteiger charge is 2.31. The number of sulfone groups is 1. The molecule has 1 aliphatic carbocycles. The average Bonchev–Trinajstić information content (AvgIpc) is 2.25. The van der Waals surface area contributed by atoms with Crippen LogP contribution in [0.5, 0.6) is 0 Å². The van der Waals surface area contributed by atoms with Gasteiger partial charge in [-0.25, -0.2) is 8.42 Å². The number of nitriles is 1. The Morgan fingerprint density at radius 1 is 1.41 bits per heavy atom. The van der Waals surface area contributed by atoms with Crippen molar-refractivity contribution in [1.82, 2.24) is 4.90 Å². The predicted octanol–water partition coefficient (Wildman–Crippen LogP) is 1.29. The first kappa shape index (κ1) is 14.5. The molecule has 3 unspecified atom stereocenters. The fraction of sp³-hybridized carbons (Fsp3) is 0.917. The Labute approximate surface area is 105 Å². The van der Waals surface area contributed by atoms with E-state index >= 15 is 0 Å². The van der Waals surface area contributed by atoms with E-state index in [0.29, 0.717) is 12.5 Å². The maximum absolute atomic E-state index is 11.1. The molecule has 0 bridgehead atoms. The van der Waals surface area contributed by atoms with E-state index in [4.69, 9.17) is 5.26 Å². The summed E-state index contributed by atoms with van der Waals surface area (Å²) < 4.78 is 22.3. The summed E-state index contributed by atoms with van der Waals surface area (Å²) >= 11 is 0. The second kappa shape index (κ2) is 5.83. The third-order valence-corrected chi connectivity index (χ3v) is 4.55. The zero-order chi connectivity index (χ0) is 13.1. The van der Waals surface area contributed by atoms with Crippen LogP contribution in [0.4, 0.5) is 0 Å². The minimum absolute atomic E-state index is 0.0516. The monoisotopic (exact) mass is 258 g/mol. The second-order valence-electron chi connectivity index (χ2n) is 5.33. The normalized spacial score (nSPS) is 30.2. The van der Waals surface area contributed by atoms with Crippen molar-refractivity contribution in [2.75, 3.05) is 25.6 Å². The lowest BCUT2D eigenvalue weighted by Crippen LogP contribution is -2.43. The maximum Gasteiger partial charge on any atom is 0.148 e. The Bertz CT molecular complexity index is 386. The summed E-state index contributed by atoms with van der Waals surface area (Å²) in [6, 6.07) is 2.57. The zero-order valence-electron chi connectivity index (χ0n) is 10.9. The van der Waals surface area contributed by atoms with Crippen LogP contribution >= 0.6 is 0 Å². The molecule has 0 heterocycles. The quantitative estimate of drug-likeness (QED) is 0.762. The van der Waals surface area contributed by atoms with Gasteiger partial charge < -0.3 is 4.90 Å². The van der Waals surface area contributed by atoms with Gasteiger partial charge in [-0.3, -0.25) is 0 Å². The number of nitrogens with zero attached hydrogens (tertiary/aromatic N) is 2. The van der Waals surface area contributed by atoms with Gasteiger partial charge in [-0.15, -0.1) is 0 Å². The van der Waals surface area contributed by atoms with Crippen molar-refractivity contribution < 1.29 is 8.42 Å². The van der Waals surface area contributed by atoms with Crippen molar-refractivity contribution in [3.8, 4) is 6.07 Å². The molecule has 1 saturated carbocycles. The van der Waals surface area contributed by atoms with Gasteiger partial charge in [0.05, 0.1) is 17.7 Å². The van der Waals surface area contributed by atoms with E-state index in [2.05, 4.69) is 13.0 Å². The highest BCUT2D eigenvalue weighted by atomic mass is 32.2. The van der Waals surface area contributed by atoms with E-state index in [9.17, 15) is 8.42 Å². The first-order chi connectivity index (χ1) is 7.83. The van der Waals surface area contributed by atoms with Crippen LogP contribution in [0.25, 0.3) is 0 Å². The summed E-state index contributed by atoms with van der Waals surface area (Å²) in [6.07, 6.45) is 4.30. The molecule has 17 heavy (non-hydrogen) atoms. The van der Waals surface area contributed by atoms with Crippen LogP contribution in [0, 0.1) is 23.2 Å². The van der Waals surface area contributed by atoms with Crippen molar-refractivity contribution >= 4 is 9.84 Å². The molecule has 0 aromatic carbocycles. The SMILES string of the molecule is CC1CCC(C#N)C(N(C)CCS(C)(=O)=O)C1. The Hall–Kier alpha value is -0.600. The molecule has 4 nitrogen and oxygen atoms in total. The van der Waals surface area contributed by atoms with Crippen molar-refractivity contribution in [2.24, 2.45) is 11.8 Å².